The van der Waals surface area contributed by atoms with Gasteiger partial charge in [-0.2, -0.15) is 0 Å². The van der Waals surface area contributed by atoms with Crippen LogP contribution >= 0.6 is 11.3 Å². The van der Waals surface area contributed by atoms with E-state index in [2.05, 4.69) is 10.3 Å². The highest BCUT2D eigenvalue weighted by atomic mass is 32.1. The third-order valence-corrected chi connectivity index (χ3v) is 4.96. The van der Waals surface area contributed by atoms with E-state index in [0.29, 0.717) is 24.9 Å². The highest BCUT2D eigenvalue weighted by molar-refractivity contribution is 7.09. The van der Waals surface area contributed by atoms with Gasteiger partial charge in [0, 0.05) is 30.9 Å². The fourth-order valence-corrected chi connectivity index (χ4v) is 3.85. The maximum absolute atomic E-state index is 12.0. The molecule has 0 radical (unpaired) electrons. The van der Waals surface area contributed by atoms with Crippen molar-refractivity contribution in [3.05, 3.63) is 16.1 Å². The first-order chi connectivity index (χ1) is 9.63. The van der Waals surface area contributed by atoms with Gasteiger partial charge in [-0.05, 0) is 25.2 Å². The molecule has 2 bridgehead atoms. The standard InChI is InChI=1S/C13H17N3O3S/c17-12(18)10-7-20-11(15-10)3-4-14-13(19)16-6-8-1-2-9(16)5-8/h7-9H,1-6H2,(H,14,19)(H,17,18). The van der Waals surface area contributed by atoms with E-state index in [4.69, 9.17) is 5.11 Å². The zero-order chi connectivity index (χ0) is 14.1. The third kappa shape index (κ3) is 2.63. The Labute approximate surface area is 120 Å². The first-order valence-electron chi connectivity index (χ1n) is 6.85. The molecule has 2 atom stereocenters. The lowest BCUT2D eigenvalue weighted by Gasteiger charge is -2.27. The first kappa shape index (κ1) is 13.4. The Bertz CT molecular complexity index is 531. The maximum Gasteiger partial charge on any atom is 0.355 e. The van der Waals surface area contributed by atoms with Crippen LogP contribution in [-0.2, 0) is 6.42 Å². The average molecular weight is 295 g/mol. The number of aromatic carboxylic acids is 1. The molecule has 7 heteroatoms. The Morgan fingerprint density at radius 2 is 2.35 bits per heavy atom. The first-order valence-corrected chi connectivity index (χ1v) is 7.73. The number of hydrogen-bond acceptors (Lipinski definition) is 4. The SMILES string of the molecule is O=C(O)c1csc(CCNC(=O)N2CC3CCC2C3)n1. The Morgan fingerprint density at radius 3 is 2.95 bits per heavy atom. The van der Waals surface area contributed by atoms with Crippen molar-refractivity contribution in [3.8, 4) is 0 Å². The van der Waals surface area contributed by atoms with Crippen molar-refractivity contribution < 1.29 is 14.7 Å². The number of urea groups is 1. The Hall–Kier alpha value is -1.63. The molecule has 1 aliphatic carbocycles. The predicted octanol–water partition coefficient (Wildman–Crippen LogP) is 1.58. The number of likely N-dealkylation sites (tertiary alicyclic amines) is 1. The number of carboxylic acid groups (broad SMARTS) is 1. The van der Waals surface area contributed by atoms with Gasteiger partial charge in [-0.1, -0.05) is 0 Å². The smallest absolute Gasteiger partial charge is 0.355 e. The number of rotatable bonds is 4. The van der Waals surface area contributed by atoms with E-state index in [1.165, 1.54) is 23.1 Å². The molecule has 1 aliphatic heterocycles. The molecule has 2 unspecified atom stereocenters. The van der Waals surface area contributed by atoms with Gasteiger partial charge in [0.2, 0.25) is 0 Å². The van der Waals surface area contributed by atoms with E-state index in [9.17, 15) is 9.59 Å². The van der Waals surface area contributed by atoms with Gasteiger partial charge in [-0.15, -0.1) is 11.3 Å². The number of fused-ring (bicyclic) bond motifs is 2. The molecule has 2 N–H and O–H groups in total. The highest BCUT2D eigenvalue weighted by Crippen LogP contribution is 2.37. The van der Waals surface area contributed by atoms with Crippen LogP contribution in [0.3, 0.4) is 0 Å². The second-order valence-electron chi connectivity index (χ2n) is 5.40. The molecule has 2 fully saturated rings. The average Bonchev–Trinajstić information content (AvgIpc) is 3.14. The fourth-order valence-electron chi connectivity index (χ4n) is 3.08. The lowest BCUT2D eigenvalue weighted by atomic mass is 10.1. The van der Waals surface area contributed by atoms with E-state index in [0.717, 1.165) is 24.4 Å². The van der Waals surface area contributed by atoms with Crippen molar-refractivity contribution >= 4 is 23.3 Å². The summed E-state index contributed by atoms with van der Waals surface area (Å²) in [6.07, 6.45) is 4.12. The zero-order valence-corrected chi connectivity index (χ0v) is 11.9. The van der Waals surface area contributed by atoms with Crippen molar-refractivity contribution in [3.63, 3.8) is 0 Å². The van der Waals surface area contributed by atoms with Crippen molar-refractivity contribution in [2.24, 2.45) is 5.92 Å². The summed E-state index contributed by atoms with van der Waals surface area (Å²) in [6, 6.07) is 0.436. The van der Waals surface area contributed by atoms with Crippen molar-refractivity contribution in [1.29, 1.82) is 0 Å². The minimum absolute atomic E-state index is 0.00668. The minimum Gasteiger partial charge on any atom is -0.476 e. The molecule has 1 saturated heterocycles. The van der Waals surface area contributed by atoms with Gasteiger partial charge in [0.25, 0.3) is 0 Å². The predicted molar refractivity (Wildman–Crippen MR) is 74.0 cm³/mol. The Kier molecular flexibility index (Phi) is 3.60. The number of carbonyl (C=O) groups excluding carboxylic acids is 1. The van der Waals surface area contributed by atoms with Crippen LogP contribution in [0.15, 0.2) is 5.38 Å². The molecule has 20 heavy (non-hydrogen) atoms. The van der Waals surface area contributed by atoms with Crippen LogP contribution < -0.4 is 5.32 Å². The van der Waals surface area contributed by atoms with Crippen LogP contribution in [0, 0.1) is 5.92 Å². The number of aromatic nitrogens is 1. The molecule has 1 saturated carbocycles. The summed E-state index contributed by atoms with van der Waals surface area (Å²) in [4.78, 5) is 28.7. The Morgan fingerprint density at radius 1 is 1.50 bits per heavy atom. The van der Waals surface area contributed by atoms with Gasteiger partial charge in [0.1, 0.15) is 0 Å². The number of amides is 2. The van der Waals surface area contributed by atoms with E-state index in [-0.39, 0.29) is 11.7 Å². The molecule has 2 amide bonds. The minimum atomic E-state index is -1.01. The summed E-state index contributed by atoms with van der Waals surface area (Å²) >= 11 is 1.32. The molecule has 0 aromatic carbocycles. The number of nitrogens with zero attached hydrogens (tertiary/aromatic N) is 2. The van der Waals surface area contributed by atoms with Gasteiger partial charge in [0.15, 0.2) is 5.69 Å². The van der Waals surface area contributed by atoms with Crippen molar-refractivity contribution in [1.82, 2.24) is 15.2 Å². The highest BCUT2D eigenvalue weighted by Gasteiger charge is 2.40. The van der Waals surface area contributed by atoms with Crippen LogP contribution in [0.1, 0.15) is 34.8 Å². The van der Waals surface area contributed by atoms with Crippen LogP contribution in [0.5, 0.6) is 0 Å². The monoisotopic (exact) mass is 295 g/mol. The van der Waals surface area contributed by atoms with E-state index >= 15 is 0 Å². The number of carbonyl (C=O) groups is 2. The van der Waals surface area contributed by atoms with Gasteiger partial charge >= 0.3 is 12.0 Å². The molecule has 6 nitrogen and oxygen atoms in total. The molecular weight excluding hydrogens is 278 g/mol. The van der Waals surface area contributed by atoms with Crippen LogP contribution in [0.25, 0.3) is 0 Å². The summed E-state index contributed by atoms with van der Waals surface area (Å²) in [7, 11) is 0. The molecular formula is C13H17N3O3S. The Balaban J connectivity index is 1.45. The topological polar surface area (TPSA) is 82.5 Å². The van der Waals surface area contributed by atoms with Crippen LogP contribution in [0.2, 0.25) is 0 Å². The van der Waals surface area contributed by atoms with Crippen molar-refractivity contribution in [2.45, 2.75) is 31.7 Å². The summed E-state index contributed by atoms with van der Waals surface area (Å²) in [5.41, 5.74) is 0.0770. The number of nitrogens with one attached hydrogen (secondary N) is 1. The van der Waals surface area contributed by atoms with Gasteiger partial charge in [-0.3, -0.25) is 0 Å². The van der Waals surface area contributed by atoms with E-state index < -0.39 is 5.97 Å². The second-order valence-corrected chi connectivity index (χ2v) is 6.34. The molecule has 1 aromatic rings. The van der Waals surface area contributed by atoms with Crippen LogP contribution in [0.4, 0.5) is 4.79 Å². The lowest BCUT2D eigenvalue weighted by Crippen LogP contribution is -2.44. The van der Waals surface area contributed by atoms with Crippen LogP contribution in [-0.4, -0.2) is 46.1 Å². The molecule has 108 valence electrons. The van der Waals surface area contributed by atoms with Gasteiger partial charge in [-0.25, -0.2) is 14.6 Å². The fraction of sp³-hybridized carbons (Fsp3) is 0.615. The third-order valence-electron chi connectivity index (χ3n) is 4.06. The van der Waals surface area contributed by atoms with Gasteiger partial charge < -0.3 is 15.3 Å². The number of carboxylic acids is 1. The number of thiazole rings is 1. The normalized spacial score (nSPS) is 24.1. The van der Waals surface area contributed by atoms with Gasteiger partial charge in [0.05, 0.1) is 5.01 Å². The molecule has 2 aliphatic rings. The molecule has 0 spiro atoms. The quantitative estimate of drug-likeness (QED) is 0.883. The second kappa shape index (κ2) is 5.40. The number of piperidine rings is 1. The molecule has 3 rings (SSSR count). The molecule has 2 heterocycles. The molecule has 1 aromatic heterocycles. The summed E-state index contributed by atoms with van der Waals surface area (Å²) in [6.45, 7) is 1.39. The van der Waals surface area contributed by atoms with E-state index in [1.54, 1.807) is 0 Å². The summed E-state index contributed by atoms with van der Waals surface area (Å²) in [5, 5.41) is 14.0. The van der Waals surface area contributed by atoms with Crippen molar-refractivity contribution in [2.75, 3.05) is 13.1 Å². The zero-order valence-electron chi connectivity index (χ0n) is 11.0. The summed E-state index contributed by atoms with van der Waals surface area (Å²) < 4.78 is 0. The largest absolute Gasteiger partial charge is 0.476 e. The summed E-state index contributed by atoms with van der Waals surface area (Å²) in [5.74, 6) is -0.313. The number of hydrogen-bond donors (Lipinski definition) is 2. The lowest BCUT2D eigenvalue weighted by molar-refractivity contribution is 0.0691. The van der Waals surface area contributed by atoms with E-state index in [1.807, 2.05) is 4.90 Å². The maximum atomic E-state index is 12.0.